The van der Waals surface area contributed by atoms with Gasteiger partial charge in [-0.05, 0) is 169 Å². The maximum atomic E-state index is 6.06. The zero-order valence-electron chi connectivity index (χ0n) is 27.7. The first-order chi connectivity index (χ1) is 19.8. The van der Waals surface area contributed by atoms with Gasteiger partial charge in [0.2, 0.25) is 0 Å². The van der Waals surface area contributed by atoms with E-state index in [1.165, 1.54) is 31.4 Å². The molecule has 11 fully saturated rings. The van der Waals surface area contributed by atoms with Crippen LogP contribution in [0.5, 0.6) is 0 Å². The third-order valence-electron chi connectivity index (χ3n) is 19.9. The molecule has 11 aliphatic rings. The van der Waals surface area contributed by atoms with Crippen molar-refractivity contribution in [2.45, 2.75) is 110 Å². The van der Waals surface area contributed by atoms with E-state index in [9.17, 15) is 0 Å². The van der Waals surface area contributed by atoms with E-state index >= 15 is 0 Å². The van der Waals surface area contributed by atoms with Crippen LogP contribution in [-0.4, -0.2) is 22.1 Å². The Labute approximate surface area is 262 Å². The fourth-order valence-corrected chi connectivity index (χ4v) is 28.6. The molecule has 1 spiro atoms. The summed E-state index contributed by atoms with van der Waals surface area (Å²) in [6, 6.07) is 0. The summed E-state index contributed by atoms with van der Waals surface area (Å²) < 4.78 is 0. The Morgan fingerprint density at radius 3 is 2.19 bits per heavy atom. The van der Waals surface area contributed by atoms with Crippen molar-refractivity contribution in [3.63, 3.8) is 0 Å². The largest absolute Gasteiger partial charge is 0.204 e. The zero-order chi connectivity index (χ0) is 28.9. The van der Waals surface area contributed by atoms with E-state index in [4.69, 9.17) is 24.1 Å². The first-order valence-electron chi connectivity index (χ1n) is 19.0. The molecule has 0 N–H and O–H groups in total. The molecule has 11 rings (SSSR count). The van der Waals surface area contributed by atoms with Gasteiger partial charge < -0.3 is 0 Å². The molecule has 0 aromatic rings. The van der Waals surface area contributed by atoms with Gasteiger partial charge in [-0.3, -0.25) is 0 Å². The second kappa shape index (κ2) is 6.95. The third-order valence-corrected chi connectivity index (χ3v) is 26.9. The number of thiol groups is 1. The number of fused-ring (bicyclic) bond motifs is 7. The Morgan fingerprint density at radius 1 is 0.857 bits per heavy atom. The summed E-state index contributed by atoms with van der Waals surface area (Å²) in [7, 11) is -1.96. The smallest absolute Gasteiger partial charge is 0.00347 e. The van der Waals surface area contributed by atoms with Crippen molar-refractivity contribution in [3.8, 4) is 0 Å². The molecule has 2 heteroatoms. The van der Waals surface area contributed by atoms with Crippen LogP contribution in [0.15, 0.2) is 12.2 Å². The van der Waals surface area contributed by atoms with Gasteiger partial charge in [-0.2, -0.15) is 0 Å². The summed E-state index contributed by atoms with van der Waals surface area (Å²) in [4.78, 5) is 0. The first kappa shape index (κ1) is 26.4. The van der Waals surface area contributed by atoms with Crippen molar-refractivity contribution < 1.29 is 0 Å². The number of hydrogen-bond donors (Lipinski definition) is 1. The molecule has 19 atom stereocenters. The highest BCUT2D eigenvalue weighted by Gasteiger charge is 2.99. The molecule has 19 unspecified atom stereocenters. The lowest BCUT2D eigenvalue weighted by Crippen LogP contribution is -2.94. The van der Waals surface area contributed by atoms with E-state index in [2.05, 4.69) is 41.5 Å². The lowest BCUT2D eigenvalue weighted by molar-refractivity contribution is -0.416. The molecule has 232 valence electrons. The number of hydrogen-bond acceptors (Lipinski definition) is 1. The zero-order valence-corrected chi connectivity index (χ0v) is 29.4. The van der Waals surface area contributed by atoms with Crippen molar-refractivity contribution >= 4 is 25.3 Å². The third kappa shape index (κ3) is 2.20. The molecule has 0 amide bonds. The maximum Gasteiger partial charge on any atom is 0.00347 e. The molecular formula is C40H60S2. The molecule has 2 saturated heterocycles. The minimum absolute atomic E-state index is 0.493. The summed E-state index contributed by atoms with van der Waals surface area (Å²) in [6.45, 7) is 21.4. The van der Waals surface area contributed by atoms with Crippen LogP contribution in [0.2, 0.25) is 0 Å². The predicted octanol–water partition coefficient (Wildman–Crippen LogP) is 9.87. The van der Waals surface area contributed by atoms with E-state index in [-0.39, 0.29) is 0 Å². The average Bonchev–Trinajstić information content (AvgIpc) is 3.65. The minimum atomic E-state index is -1.96. The van der Waals surface area contributed by atoms with Gasteiger partial charge in [0.05, 0.1) is 0 Å². The normalized spacial score (nSPS) is 70.1. The summed E-state index contributed by atoms with van der Waals surface area (Å²) in [6.07, 6.45) is 13.7. The van der Waals surface area contributed by atoms with Gasteiger partial charge in [-0.15, -0.1) is 11.7 Å². The van der Waals surface area contributed by atoms with Crippen molar-refractivity contribution in [1.29, 1.82) is 0 Å². The van der Waals surface area contributed by atoms with Gasteiger partial charge in [0.1, 0.15) is 0 Å². The van der Waals surface area contributed by atoms with Gasteiger partial charge >= 0.3 is 0 Å². The minimum Gasteiger partial charge on any atom is -0.204 e. The van der Waals surface area contributed by atoms with E-state index in [0.717, 1.165) is 99.3 Å². The Hall–Kier alpha value is 0.310. The molecule has 2 aliphatic heterocycles. The Morgan fingerprint density at radius 2 is 1.55 bits per heavy atom. The van der Waals surface area contributed by atoms with Crippen molar-refractivity contribution in [3.05, 3.63) is 12.2 Å². The topological polar surface area (TPSA) is 0 Å². The lowest BCUT2D eigenvalue weighted by Gasteiger charge is -2.98. The van der Waals surface area contributed by atoms with Gasteiger partial charge in [-0.1, -0.05) is 59.6 Å². The first-order valence-corrected chi connectivity index (χ1v) is 22.5. The van der Waals surface area contributed by atoms with Gasteiger partial charge in [0, 0.05) is 15.9 Å². The molecule has 9 aliphatic carbocycles. The standard InChI is InChI=1S/C40H60S2/c1-9-39-31-19(2)32-29(27-13-12-26(27)23-11-10-22-14-24(22)15-23)20(3)40(32)21(4)30-33(38(39,7)35(30)40)36(39)42(8,41)18-28(31)34(42)25-16-37(5,6)17-25/h19,21-36,41H,3,8-18H2,1-2,4-7H3. The lowest BCUT2D eigenvalue weighted by atomic mass is 9.13. The number of rotatable bonds is 4. The average molecular weight is 605 g/mol. The van der Waals surface area contributed by atoms with Gasteiger partial charge in [0.25, 0.3) is 0 Å². The summed E-state index contributed by atoms with van der Waals surface area (Å²) >= 11 is 6.06. The number of allylic oxidation sites excluding steroid dienone is 1. The molecule has 0 radical (unpaired) electrons. The van der Waals surface area contributed by atoms with Crippen molar-refractivity contribution in [2.24, 2.45) is 110 Å². The fourth-order valence-electron chi connectivity index (χ4n) is 19.4. The fraction of sp³-hybridized carbons (Fsp3) is 0.925. The van der Waals surface area contributed by atoms with Crippen LogP contribution in [-0.2, 0) is 0 Å². The van der Waals surface area contributed by atoms with E-state index < -0.39 is 7.78 Å². The second-order valence-corrected chi connectivity index (χ2v) is 27.9. The maximum absolute atomic E-state index is 6.06. The molecule has 2 heterocycles. The molecular weight excluding hydrogens is 545 g/mol. The van der Waals surface area contributed by atoms with E-state index in [1.807, 2.05) is 5.57 Å². The SMILES string of the molecule is C=C1C(C2CCC2C2CCC3CC3C2)C2C(C)C3C4CS(=C)(S)(C4C4CC(C)(C)C4)C4C5C6C(C)C12C6C5(C)C34CC. The van der Waals surface area contributed by atoms with Gasteiger partial charge in [0.15, 0.2) is 0 Å². The molecule has 2 bridgehead atoms. The van der Waals surface area contributed by atoms with Crippen LogP contribution in [0.25, 0.3) is 0 Å². The molecule has 0 aromatic carbocycles. The predicted molar refractivity (Wildman–Crippen MR) is 183 cm³/mol. The highest BCUT2D eigenvalue weighted by atomic mass is 33.2. The molecule has 0 nitrogen and oxygen atoms in total. The Kier molecular flexibility index (Phi) is 4.36. The second-order valence-electron chi connectivity index (χ2n) is 20.7. The van der Waals surface area contributed by atoms with Crippen molar-refractivity contribution in [2.75, 3.05) is 5.75 Å². The van der Waals surface area contributed by atoms with Crippen molar-refractivity contribution in [1.82, 2.24) is 0 Å². The molecule has 9 saturated carbocycles. The van der Waals surface area contributed by atoms with E-state index in [1.54, 1.807) is 32.1 Å². The van der Waals surface area contributed by atoms with Crippen LogP contribution >= 0.6 is 19.4 Å². The van der Waals surface area contributed by atoms with Crippen LogP contribution in [0.4, 0.5) is 0 Å². The van der Waals surface area contributed by atoms with Crippen LogP contribution in [0, 0.1) is 110 Å². The highest BCUT2D eigenvalue weighted by molar-refractivity contribution is 8.96. The monoisotopic (exact) mass is 604 g/mol. The van der Waals surface area contributed by atoms with Crippen LogP contribution in [0.1, 0.15) is 99.3 Å². The quantitative estimate of drug-likeness (QED) is 0.140. The summed E-state index contributed by atoms with van der Waals surface area (Å²) in [5, 5.41) is 1.72. The van der Waals surface area contributed by atoms with Gasteiger partial charge in [-0.25, -0.2) is 7.78 Å². The summed E-state index contributed by atoms with van der Waals surface area (Å²) in [5.74, 6) is 21.4. The Balaban J connectivity index is 1.03. The van der Waals surface area contributed by atoms with Crippen LogP contribution < -0.4 is 0 Å². The summed E-state index contributed by atoms with van der Waals surface area (Å²) in [5.41, 5.74) is 3.95. The Bertz CT molecular complexity index is 1410. The molecule has 0 aromatic heterocycles. The van der Waals surface area contributed by atoms with E-state index in [0.29, 0.717) is 21.7 Å². The highest BCUT2D eigenvalue weighted by Crippen LogP contribution is 3.06. The molecule has 42 heavy (non-hydrogen) atoms. The van der Waals surface area contributed by atoms with Crippen LogP contribution in [0.3, 0.4) is 0 Å².